The molecule has 1 aromatic carbocycles. The zero-order chi connectivity index (χ0) is 20.2. The van der Waals surface area contributed by atoms with Crippen molar-refractivity contribution in [2.24, 2.45) is 0 Å². The Morgan fingerprint density at radius 2 is 2.13 bits per heavy atom. The third kappa shape index (κ3) is 3.01. The van der Waals surface area contributed by atoms with Crippen molar-refractivity contribution < 1.29 is 9.53 Å². The van der Waals surface area contributed by atoms with Crippen LogP contribution in [0.4, 0.5) is 0 Å². The zero-order valence-electron chi connectivity index (χ0n) is 16.5. The molecule has 3 aliphatic rings. The van der Waals surface area contributed by atoms with Crippen molar-refractivity contribution in [3.8, 4) is 16.9 Å². The third-order valence-corrected chi connectivity index (χ3v) is 7.76. The minimum atomic E-state index is -0.467. The van der Waals surface area contributed by atoms with Gasteiger partial charge < -0.3 is 9.64 Å². The highest BCUT2D eigenvalue weighted by Crippen LogP contribution is 2.44. The van der Waals surface area contributed by atoms with Crippen LogP contribution in [-0.4, -0.2) is 59.0 Å². The highest BCUT2D eigenvalue weighted by molar-refractivity contribution is 7.17. The molecular formula is C23H22ClN3O2S. The molecule has 3 aromatic rings. The summed E-state index contributed by atoms with van der Waals surface area (Å²) < 4.78 is 7.43. The van der Waals surface area contributed by atoms with Gasteiger partial charge in [-0.25, -0.2) is 0 Å². The molecule has 0 saturated carbocycles. The van der Waals surface area contributed by atoms with E-state index >= 15 is 0 Å². The van der Waals surface area contributed by atoms with E-state index in [0.29, 0.717) is 17.5 Å². The lowest BCUT2D eigenvalue weighted by atomic mass is 10.0. The van der Waals surface area contributed by atoms with Crippen LogP contribution >= 0.6 is 22.9 Å². The highest BCUT2D eigenvalue weighted by atomic mass is 35.5. The number of ether oxygens (including phenoxy) is 1. The fourth-order valence-corrected chi connectivity index (χ4v) is 6.26. The number of nitrogens with zero attached hydrogens (tertiary/aromatic N) is 3. The molecule has 154 valence electrons. The number of hydrogen-bond donors (Lipinski definition) is 0. The molecule has 2 saturated heterocycles. The first-order valence-electron chi connectivity index (χ1n) is 10.5. The van der Waals surface area contributed by atoms with Crippen LogP contribution in [-0.2, 0) is 11.2 Å². The number of amides is 1. The Labute approximate surface area is 184 Å². The van der Waals surface area contributed by atoms with Crippen molar-refractivity contribution >= 4 is 39.1 Å². The van der Waals surface area contributed by atoms with Crippen LogP contribution < -0.4 is 4.74 Å². The molecule has 3 aliphatic heterocycles. The second-order valence-electron chi connectivity index (χ2n) is 8.36. The Morgan fingerprint density at radius 1 is 1.20 bits per heavy atom. The second kappa shape index (κ2) is 7.22. The van der Waals surface area contributed by atoms with E-state index in [4.69, 9.17) is 16.3 Å². The number of piperazine rings is 1. The molecule has 0 N–H and O–H groups in total. The molecule has 2 unspecified atom stereocenters. The topological polar surface area (TPSA) is 45.7 Å². The van der Waals surface area contributed by atoms with Gasteiger partial charge in [0.15, 0.2) is 6.10 Å². The lowest BCUT2D eigenvalue weighted by Gasteiger charge is -2.38. The minimum Gasteiger partial charge on any atom is -0.479 e. The van der Waals surface area contributed by atoms with Gasteiger partial charge in [0.2, 0.25) is 0 Å². The number of benzene rings is 1. The monoisotopic (exact) mass is 439 g/mol. The van der Waals surface area contributed by atoms with Crippen molar-refractivity contribution in [1.82, 2.24) is 14.8 Å². The van der Waals surface area contributed by atoms with Crippen LogP contribution in [0, 0.1) is 0 Å². The molecule has 7 heteroatoms. The van der Waals surface area contributed by atoms with E-state index in [1.807, 2.05) is 40.7 Å². The van der Waals surface area contributed by atoms with Crippen LogP contribution in [0.1, 0.15) is 18.4 Å². The normalized spacial score (nSPS) is 23.4. The summed E-state index contributed by atoms with van der Waals surface area (Å²) in [7, 11) is 0. The Kier molecular flexibility index (Phi) is 4.48. The summed E-state index contributed by atoms with van der Waals surface area (Å²) in [6.07, 6.45) is 4.35. The predicted molar refractivity (Wildman–Crippen MR) is 119 cm³/mol. The SMILES string of the molecule is O=C(C1Cc2cc(Cl)cc(-c3ccnc4ccsc34)c2O1)N1CCN2CCCC2C1. The summed E-state index contributed by atoms with van der Waals surface area (Å²) in [6, 6.07) is 8.42. The number of rotatable bonds is 2. The lowest BCUT2D eigenvalue weighted by molar-refractivity contribution is -0.140. The number of fused-ring (bicyclic) bond motifs is 3. The van der Waals surface area contributed by atoms with Crippen molar-refractivity contribution in [1.29, 1.82) is 0 Å². The maximum atomic E-state index is 13.3. The third-order valence-electron chi connectivity index (χ3n) is 6.60. The molecule has 30 heavy (non-hydrogen) atoms. The van der Waals surface area contributed by atoms with Gasteiger partial charge in [0.25, 0.3) is 5.91 Å². The van der Waals surface area contributed by atoms with Crippen LogP contribution in [0.15, 0.2) is 35.8 Å². The molecule has 0 spiro atoms. The van der Waals surface area contributed by atoms with Crippen LogP contribution in [0.2, 0.25) is 5.02 Å². The number of carbonyl (C=O) groups is 1. The minimum absolute atomic E-state index is 0.107. The number of carbonyl (C=O) groups excluding carboxylic acids is 1. The molecule has 2 fully saturated rings. The number of hydrogen-bond acceptors (Lipinski definition) is 5. The van der Waals surface area contributed by atoms with Gasteiger partial charge in [0.1, 0.15) is 5.75 Å². The van der Waals surface area contributed by atoms with Gasteiger partial charge >= 0.3 is 0 Å². The van der Waals surface area contributed by atoms with Gasteiger partial charge in [-0.1, -0.05) is 11.6 Å². The van der Waals surface area contributed by atoms with Crippen LogP contribution in [0.3, 0.4) is 0 Å². The van der Waals surface area contributed by atoms with Gasteiger partial charge in [-0.15, -0.1) is 11.3 Å². The standard InChI is InChI=1S/C23H22ClN3O2S/c24-15-10-14-11-20(23(28)27-8-7-26-6-1-2-16(26)13-27)29-21(14)18(12-15)17-3-5-25-19-4-9-30-22(17)19/h3-5,9-10,12,16,20H,1-2,6-8,11,13H2. The number of pyridine rings is 1. The fraction of sp³-hybridized carbons (Fsp3) is 0.391. The molecule has 2 aromatic heterocycles. The van der Waals surface area contributed by atoms with E-state index in [1.54, 1.807) is 11.3 Å². The second-order valence-corrected chi connectivity index (χ2v) is 9.71. The Morgan fingerprint density at radius 3 is 3.07 bits per heavy atom. The smallest absolute Gasteiger partial charge is 0.264 e. The molecule has 6 rings (SSSR count). The van der Waals surface area contributed by atoms with Gasteiger partial charge in [0, 0.05) is 60.0 Å². The molecule has 5 heterocycles. The largest absolute Gasteiger partial charge is 0.479 e. The molecule has 0 bridgehead atoms. The van der Waals surface area contributed by atoms with E-state index in [-0.39, 0.29) is 5.91 Å². The Hall–Kier alpha value is -2.15. The summed E-state index contributed by atoms with van der Waals surface area (Å²) in [6.45, 7) is 3.76. The zero-order valence-corrected chi connectivity index (χ0v) is 18.1. The van der Waals surface area contributed by atoms with Gasteiger partial charge in [-0.2, -0.15) is 0 Å². The maximum Gasteiger partial charge on any atom is 0.264 e. The first-order chi connectivity index (χ1) is 14.7. The first-order valence-corrected chi connectivity index (χ1v) is 11.8. The fourth-order valence-electron chi connectivity index (χ4n) is 5.14. The maximum absolute atomic E-state index is 13.3. The van der Waals surface area contributed by atoms with Crippen LogP contribution in [0.5, 0.6) is 5.75 Å². The summed E-state index contributed by atoms with van der Waals surface area (Å²) in [5.74, 6) is 0.897. The molecule has 0 radical (unpaired) electrons. The number of thiophene rings is 1. The van der Waals surface area contributed by atoms with E-state index in [9.17, 15) is 4.79 Å². The highest BCUT2D eigenvalue weighted by Gasteiger charge is 2.38. The van der Waals surface area contributed by atoms with Crippen molar-refractivity contribution in [3.63, 3.8) is 0 Å². The predicted octanol–water partition coefficient (Wildman–Crippen LogP) is 4.23. The Balaban J connectivity index is 1.31. The average Bonchev–Trinajstić information content (AvgIpc) is 3.49. The van der Waals surface area contributed by atoms with E-state index in [1.165, 1.54) is 19.4 Å². The summed E-state index contributed by atoms with van der Waals surface area (Å²) >= 11 is 8.13. The number of aromatic nitrogens is 1. The summed E-state index contributed by atoms with van der Waals surface area (Å²) in [5, 5.41) is 2.71. The summed E-state index contributed by atoms with van der Waals surface area (Å²) in [4.78, 5) is 22.3. The van der Waals surface area contributed by atoms with Crippen LogP contribution in [0.25, 0.3) is 21.3 Å². The lowest BCUT2D eigenvalue weighted by Crippen LogP contribution is -2.54. The van der Waals surface area contributed by atoms with E-state index < -0.39 is 6.10 Å². The van der Waals surface area contributed by atoms with E-state index in [2.05, 4.69) is 9.88 Å². The summed E-state index contributed by atoms with van der Waals surface area (Å²) in [5.41, 5.74) is 3.98. The molecule has 1 amide bonds. The molecule has 5 nitrogen and oxygen atoms in total. The Bertz CT molecular complexity index is 1150. The first kappa shape index (κ1) is 18.6. The average molecular weight is 440 g/mol. The van der Waals surface area contributed by atoms with Crippen molar-refractivity contribution in [2.45, 2.75) is 31.4 Å². The van der Waals surface area contributed by atoms with Gasteiger partial charge in [0.05, 0.1) is 10.2 Å². The van der Waals surface area contributed by atoms with Crippen molar-refractivity contribution in [3.05, 3.63) is 46.4 Å². The van der Waals surface area contributed by atoms with Gasteiger partial charge in [-0.05, 0) is 49.0 Å². The van der Waals surface area contributed by atoms with E-state index in [0.717, 1.165) is 52.3 Å². The quantitative estimate of drug-likeness (QED) is 0.599. The van der Waals surface area contributed by atoms with Gasteiger partial charge in [-0.3, -0.25) is 14.7 Å². The molecule has 0 aliphatic carbocycles. The number of halogens is 1. The molecular weight excluding hydrogens is 418 g/mol. The van der Waals surface area contributed by atoms with Crippen molar-refractivity contribution in [2.75, 3.05) is 26.2 Å². The molecule has 2 atom stereocenters.